The molecule has 0 aliphatic rings. The second-order valence-corrected chi connectivity index (χ2v) is 13.3. The van der Waals surface area contributed by atoms with Crippen molar-refractivity contribution >= 4 is 86.6 Å². The van der Waals surface area contributed by atoms with Gasteiger partial charge in [0, 0.05) is 10.8 Å². The highest BCUT2D eigenvalue weighted by atomic mass is 16.3. The molecule has 0 unspecified atom stereocenters. The van der Waals surface area contributed by atoms with Crippen molar-refractivity contribution in [3.8, 4) is 22.3 Å². The number of rotatable bonds is 2. The second-order valence-electron chi connectivity index (χ2n) is 13.3. The van der Waals surface area contributed by atoms with Crippen LogP contribution >= 0.6 is 0 Å². The maximum atomic E-state index is 6.65. The van der Waals surface area contributed by atoms with Crippen molar-refractivity contribution in [1.82, 2.24) is 0 Å². The van der Waals surface area contributed by atoms with Gasteiger partial charge in [0.25, 0.3) is 0 Å². The Kier molecular flexibility index (Phi) is 5.45. The van der Waals surface area contributed by atoms with E-state index in [0.717, 1.165) is 33.1 Å². The summed E-state index contributed by atoms with van der Waals surface area (Å²) < 4.78 is 6.65. The molecule has 0 aliphatic carbocycles. The molecule has 11 aromatic rings. The molecule has 0 aliphatic heterocycles. The van der Waals surface area contributed by atoms with Gasteiger partial charge in [-0.1, -0.05) is 121 Å². The Balaban J connectivity index is 1.05. The van der Waals surface area contributed by atoms with Crippen LogP contribution < -0.4 is 0 Å². The van der Waals surface area contributed by atoms with Crippen molar-refractivity contribution in [3.05, 3.63) is 170 Å². The Morgan fingerprint density at radius 2 is 0.694 bits per heavy atom. The van der Waals surface area contributed by atoms with Gasteiger partial charge in [-0.2, -0.15) is 0 Å². The Morgan fingerprint density at radius 3 is 1.33 bits per heavy atom. The third-order valence-corrected chi connectivity index (χ3v) is 10.6. The summed E-state index contributed by atoms with van der Waals surface area (Å²) in [6.07, 6.45) is 0. The molecule has 1 nitrogen and oxygen atoms in total. The summed E-state index contributed by atoms with van der Waals surface area (Å²) in [7, 11) is 0. The fourth-order valence-corrected chi connectivity index (χ4v) is 8.18. The van der Waals surface area contributed by atoms with E-state index < -0.39 is 0 Å². The van der Waals surface area contributed by atoms with Crippen LogP contribution in [0.25, 0.3) is 109 Å². The van der Waals surface area contributed by atoms with Gasteiger partial charge in [0.15, 0.2) is 0 Å². The molecule has 0 bridgehead atoms. The molecular formula is C48H28O. The van der Waals surface area contributed by atoms with E-state index in [9.17, 15) is 0 Å². The molecule has 226 valence electrons. The molecule has 1 heteroatoms. The van der Waals surface area contributed by atoms with E-state index in [2.05, 4.69) is 170 Å². The first-order valence-electron chi connectivity index (χ1n) is 16.9. The lowest BCUT2D eigenvalue weighted by Gasteiger charge is -2.11. The first-order valence-corrected chi connectivity index (χ1v) is 16.9. The average molecular weight is 621 g/mol. The first-order chi connectivity index (χ1) is 24.2. The molecule has 49 heavy (non-hydrogen) atoms. The number of fused-ring (bicyclic) bond motifs is 11. The summed E-state index contributed by atoms with van der Waals surface area (Å²) in [5.74, 6) is 0. The van der Waals surface area contributed by atoms with Crippen LogP contribution in [0.15, 0.2) is 174 Å². The normalized spacial score (nSPS) is 12.1. The Labute approximate surface area is 282 Å². The Hall–Kier alpha value is -6.44. The third-order valence-electron chi connectivity index (χ3n) is 10.6. The van der Waals surface area contributed by atoms with E-state index >= 15 is 0 Å². The van der Waals surface area contributed by atoms with Gasteiger partial charge in [-0.05, 0) is 135 Å². The summed E-state index contributed by atoms with van der Waals surface area (Å²) in [6, 6.07) is 62.2. The van der Waals surface area contributed by atoms with E-state index in [4.69, 9.17) is 4.42 Å². The van der Waals surface area contributed by atoms with E-state index in [1.165, 1.54) is 75.8 Å². The molecule has 10 aromatic carbocycles. The van der Waals surface area contributed by atoms with Crippen LogP contribution in [-0.4, -0.2) is 0 Å². The van der Waals surface area contributed by atoms with Gasteiger partial charge in [0.05, 0.1) is 0 Å². The lowest BCUT2D eigenvalue weighted by molar-refractivity contribution is 0.669. The zero-order valence-corrected chi connectivity index (χ0v) is 26.6. The molecule has 0 spiro atoms. The van der Waals surface area contributed by atoms with E-state index in [1.807, 2.05) is 0 Å². The largest absolute Gasteiger partial charge is 0.456 e. The molecule has 11 rings (SSSR count). The van der Waals surface area contributed by atoms with Crippen molar-refractivity contribution in [1.29, 1.82) is 0 Å². The fourth-order valence-electron chi connectivity index (χ4n) is 8.18. The van der Waals surface area contributed by atoms with Gasteiger partial charge < -0.3 is 4.42 Å². The molecular weight excluding hydrogens is 593 g/mol. The zero-order chi connectivity index (χ0) is 32.1. The number of furan rings is 1. The minimum atomic E-state index is 0.906. The lowest BCUT2D eigenvalue weighted by atomic mass is 9.93. The van der Waals surface area contributed by atoms with Crippen LogP contribution in [-0.2, 0) is 0 Å². The second kappa shape index (κ2) is 10.0. The van der Waals surface area contributed by atoms with E-state index in [-0.39, 0.29) is 0 Å². The lowest BCUT2D eigenvalue weighted by Crippen LogP contribution is -1.84. The topological polar surface area (TPSA) is 13.1 Å². The summed E-state index contributed by atoms with van der Waals surface area (Å²) in [5.41, 5.74) is 6.56. The Bertz CT molecular complexity index is 3160. The van der Waals surface area contributed by atoms with Crippen molar-refractivity contribution in [2.45, 2.75) is 0 Å². The maximum Gasteiger partial charge on any atom is 0.136 e. The van der Waals surface area contributed by atoms with Crippen LogP contribution in [0, 0.1) is 0 Å². The summed E-state index contributed by atoms with van der Waals surface area (Å²) in [4.78, 5) is 0. The monoisotopic (exact) mass is 620 g/mol. The number of hydrogen-bond acceptors (Lipinski definition) is 1. The zero-order valence-electron chi connectivity index (χ0n) is 26.6. The van der Waals surface area contributed by atoms with Gasteiger partial charge in [-0.15, -0.1) is 0 Å². The maximum absolute atomic E-state index is 6.65. The molecule has 1 aromatic heterocycles. The van der Waals surface area contributed by atoms with Crippen LogP contribution in [0.1, 0.15) is 0 Å². The van der Waals surface area contributed by atoms with Crippen LogP contribution in [0.4, 0.5) is 0 Å². The van der Waals surface area contributed by atoms with E-state index in [1.54, 1.807) is 0 Å². The summed E-state index contributed by atoms with van der Waals surface area (Å²) in [6.45, 7) is 0. The quantitative estimate of drug-likeness (QED) is 0.138. The molecule has 0 saturated carbocycles. The fraction of sp³-hybridized carbons (Fsp3) is 0. The molecule has 1 heterocycles. The van der Waals surface area contributed by atoms with Crippen LogP contribution in [0.2, 0.25) is 0 Å². The summed E-state index contributed by atoms with van der Waals surface area (Å²) in [5, 5.41) is 17.5. The molecule has 0 amide bonds. The summed E-state index contributed by atoms with van der Waals surface area (Å²) >= 11 is 0. The number of hydrogen-bond donors (Lipinski definition) is 0. The SMILES string of the molecule is c1cc(-c2ccc3c(c2)oc2cc(-c4cccc5cc6ccc7ccccc7c6cc45)ccc23)c2cc3ccc4ccccc4c3cc2c1. The van der Waals surface area contributed by atoms with Crippen LogP contribution in [0.3, 0.4) is 0 Å². The van der Waals surface area contributed by atoms with Crippen molar-refractivity contribution in [2.24, 2.45) is 0 Å². The highest BCUT2D eigenvalue weighted by molar-refractivity contribution is 6.16. The standard InChI is InChI=1S/C48H28O/c1-3-11-37-29(7-1)16-18-34-25-43-32(24-44(34)37)10-6-13-39(43)35-19-21-41-42-22-20-36(27-48(42)49-47(41)26-35)40-14-5-9-31-23-33-17-15-30-8-2-4-12-38(30)46(33)28-45(31)40/h1-28H. The van der Waals surface area contributed by atoms with Gasteiger partial charge in [0.1, 0.15) is 11.2 Å². The van der Waals surface area contributed by atoms with Gasteiger partial charge in [-0.3, -0.25) is 0 Å². The third kappa shape index (κ3) is 4.00. The van der Waals surface area contributed by atoms with Crippen molar-refractivity contribution in [3.63, 3.8) is 0 Å². The highest BCUT2D eigenvalue weighted by Gasteiger charge is 2.14. The smallest absolute Gasteiger partial charge is 0.136 e. The highest BCUT2D eigenvalue weighted by Crippen LogP contribution is 2.40. The van der Waals surface area contributed by atoms with Crippen LogP contribution in [0.5, 0.6) is 0 Å². The van der Waals surface area contributed by atoms with Gasteiger partial charge in [-0.25, -0.2) is 0 Å². The minimum absolute atomic E-state index is 0.906. The van der Waals surface area contributed by atoms with Crippen molar-refractivity contribution in [2.75, 3.05) is 0 Å². The van der Waals surface area contributed by atoms with Gasteiger partial charge >= 0.3 is 0 Å². The predicted molar refractivity (Wildman–Crippen MR) is 210 cm³/mol. The molecule has 0 fully saturated rings. The first kappa shape index (κ1) is 26.6. The molecule has 0 saturated heterocycles. The number of benzene rings is 10. The minimum Gasteiger partial charge on any atom is -0.456 e. The van der Waals surface area contributed by atoms with E-state index in [0.29, 0.717) is 0 Å². The average Bonchev–Trinajstić information content (AvgIpc) is 3.53. The molecule has 0 atom stereocenters. The Morgan fingerprint density at radius 1 is 0.245 bits per heavy atom. The van der Waals surface area contributed by atoms with Gasteiger partial charge in [0.2, 0.25) is 0 Å². The molecule has 0 radical (unpaired) electrons. The predicted octanol–water partition coefficient (Wildman–Crippen LogP) is 13.8. The van der Waals surface area contributed by atoms with Crippen molar-refractivity contribution < 1.29 is 4.42 Å². The molecule has 0 N–H and O–H groups in total.